The summed E-state index contributed by atoms with van der Waals surface area (Å²) in [5, 5.41) is 19.7. The Morgan fingerprint density at radius 3 is 3.05 bits per heavy atom. The van der Waals surface area contributed by atoms with E-state index < -0.39 is 0 Å². The molecule has 1 saturated heterocycles. The van der Waals surface area contributed by atoms with Crippen LogP contribution in [0.15, 0.2) is 30.5 Å². The molecule has 108 valence electrons. The first-order chi connectivity index (χ1) is 10.2. The summed E-state index contributed by atoms with van der Waals surface area (Å²) in [5.41, 5.74) is 2.31. The molecule has 0 bridgehead atoms. The van der Waals surface area contributed by atoms with E-state index in [0.717, 1.165) is 16.6 Å². The molecule has 1 aliphatic heterocycles. The van der Waals surface area contributed by atoms with Crippen molar-refractivity contribution < 1.29 is 9.84 Å². The van der Waals surface area contributed by atoms with Gasteiger partial charge in [0.15, 0.2) is 0 Å². The van der Waals surface area contributed by atoms with Crippen molar-refractivity contribution in [1.82, 2.24) is 4.98 Å². The maximum absolute atomic E-state index is 9.42. The largest absolute Gasteiger partial charge is 0.394 e. The third kappa shape index (κ3) is 2.44. The average molecular weight is 283 g/mol. The molecule has 0 saturated carbocycles. The van der Waals surface area contributed by atoms with Crippen LogP contribution >= 0.6 is 0 Å². The molecule has 0 aliphatic carbocycles. The Bertz CT molecular complexity index is 695. The van der Waals surface area contributed by atoms with E-state index >= 15 is 0 Å². The summed E-state index contributed by atoms with van der Waals surface area (Å²) in [7, 11) is 0. The molecule has 5 nitrogen and oxygen atoms in total. The van der Waals surface area contributed by atoms with Crippen molar-refractivity contribution in [2.45, 2.75) is 19.1 Å². The highest BCUT2D eigenvalue weighted by atomic mass is 16.5. The van der Waals surface area contributed by atoms with E-state index in [1.807, 2.05) is 24.3 Å². The van der Waals surface area contributed by atoms with E-state index in [1.165, 1.54) is 0 Å². The van der Waals surface area contributed by atoms with Crippen molar-refractivity contribution in [3.8, 4) is 6.07 Å². The SMILES string of the molecule is CC1COC(CO)CN1c1c(C#N)cnc2ccccc12. The molecule has 1 aromatic heterocycles. The van der Waals surface area contributed by atoms with Gasteiger partial charge in [-0.3, -0.25) is 4.98 Å². The zero-order valence-electron chi connectivity index (χ0n) is 11.9. The number of fused-ring (bicyclic) bond motifs is 1. The van der Waals surface area contributed by atoms with Gasteiger partial charge in [-0.15, -0.1) is 0 Å². The van der Waals surface area contributed by atoms with Gasteiger partial charge in [0.05, 0.1) is 36.1 Å². The lowest BCUT2D eigenvalue weighted by Crippen LogP contribution is -2.50. The van der Waals surface area contributed by atoms with Crippen molar-refractivity contribution >= 4 is 16.6 Å². The number of nitriles is 1. The molecule has 2 unspecified atom stereocenters. The highest BCUT2D eigenvalue weighted by molar-refractivity contribution is 5.94. The second-order valence-corrected chi connectivity index (χ2v) is 5.29. The number of benzene rings is 1. The fraction of sp³-hybridized carbons (Fsp3) is 0.375. The van der Waals surface area contributed by atoms with Crippen LogP contribution in [0, 0.1) is 11.3 Å². The Balaban J connectivity index is 2.15. The summed E-state index contributed by atoms with van der Waals surface area (Å²) in [6.07, 6.45) is 1.40. The van der Waals surface area contributed by atoms with E-state index in [9.17, 15) is 10.4 Å². The number of aliphatic hydroxyl groups is 1. The van der Waals surface area contributed by atoms with Crippen LogP contribution in [-0.4, -0.2) is 42.0 Å². The van der Waals surface area contributed by atoms with Crippen LogP contribution in [0.3, 0.4) is 0 Å². The van der Waals surface area contributed by atoms with E-state index in [2.05, 4.69) is 22.9 Å². The first-order valence-electron chi connectivity index (χ1n) is 7.01. The van der Waals surface area contributed by atoms with Crippen LogP contribution in [0.25, 0.3) is 10.9 Å². The topological polar surface area (TPSA) is 69.4 Å². The molecular formula is C16H17N3O2. The second kappa shape index (κ2) is 5.68. The molecule has 1 fully saturated rings. The lowest BCUT2D eigenvalue weighted by molar-refractivity contribution is -0.0102. The fourth-order valence-corrected chi connectivity index (χ4v) is 2.76. The molecule has 2 aromatic rings. The van der Waals surface area contributed by atoms with Crippen molar-refractivity contribution in [1.29, 1.82) is 5.26 Å². The molecule has 1 aromatic carbocycles. The molecule has 0 spiro atoms. The van der Waals surface area contributed by atoms with Gasteiger partial charge in [-0.2, -0.15) is 5.26 Å². The normalized spacial score (nSPS) is 22.2. The fourth-order valence-electron chi connectivity index (χ4n) is 2.76. The number of para-hydroxylation sites is 1. The first kappa shape index (κ1) is 13.8. The molecule has 21 heavy (non-hydrogen) atoms. The van der Waals surface area contributed by atoms with Crippen molar-refractivity contribution in [2.24, 2.45) is 0 Å². The Morgan fingerprint density at radius 2 is 2.29 bits per heavy atom. The summed E-state index contributed by atoms with van der Waals surface area (Å²) < 4.78 is 5.59. The number of nitrogens with zero attached hydrogens (tertiary/aromatic N) is 3. The minimum Gasteiger partial charge on any atom is -0.394 e. The molecule has 2 atom stereocenters. The summed E-state index contributed by atoms with van der Waals surface area (Å²) >= 11 is 0. The van der Waals surface area contributed by atoms with E-state index in [0.29, 0.717) is 18.7 Å². The number of rotatable bonds is 2. The zero-order valence-corrected chi connectivity index (χ0v) is 11.9. The molecule has 0 radical (unpaired) electrons. The summed E-state index contributed by atoms with van der Waals surface area (Å²) in [5.74, 6) is 0. The monoisotopic (exact) mass is 283 g/mol. The van der Waals surface area contributed by atoms with Crippen LogP contribution in [0.4, 0.5) is 5.69 Å². The first-order valence-corrected chi connectivity index (χ1v) is 7.01. The molecule has 3 rings (SSSR count). The minimum absolute atomic E-state index is 0.0197. The van der Waals surface area contributed by atoms with Crippen LogP contribution in [-0.2, 0) is 4.74 Å². The number of morpholine rings is 1. The van der Waals surface area contributed by atoms with Gasteiger partial charge in [0.2, 0.25) is 0 Å². The van der Waals surface area contributed by atoms with Gasteiger partial charge in [-0.1, -0.05) is 18.2 Å². The van der Waals surface area contributed by atoms with Gasteiger partial charge in [0, 0.05) is 24.2 Å². The van der Waals surface area contributed by atoms with E-state index in [1.54, 1.807) is 6.20 Å². The standard InChI is InChI=1S/C16H17N3O2/c1-11-10-21-13(9-20)8-19(11)16-12(6-17)7-18-15-5-3-2-4-14(15)16/h2-5,7,11,13,20H,8-10H2,1H3. The van der Waals surface area contributed by atoms with Gasteiger partial charge >= 0.3 is 0 Å². The molecule has 1 aliphatic rings. The quantitative estimate of drug-likeness (QED) is 0.908. The van der Waals surface area contributed by atoms with Gasteiger partial charge in [-0.05, 0) is 13.0 Å². The van der Waals surface area contributed by atoms with E-state index in [-0.39, 0.29) is 18.8 Å². The number of aromatic nitrogens is 1. The Kier molecular flexibility index (Phi) is 3.74. The molecule has 1 N–H and O–H groups in total. The summed E-state index contributed by atoms with van der Waals surface area (Å²) in [6.45, 7) is 3.14. The molecule has 2 heterocycles. The number of anilines is 1. The van der Waals surface area contributed by atoms with E-state index in [4.69, 9.17) is 4.74 Å². The zero-order chi connectivity index (χ0) is 14.8. The third-order valence-electron chi connectivity index (χ3n) is 3.86. The van der Waals surface area contributed by atoms with Crippen LogP contribution < -0.4 is 4.90 Å². The van der Waals surface area contributed by atoms with Gasteiger partial charge in [0.25, 0.3) is 0 Å². The minimum atomic E-state index is -0.223. The highest BCUT2D eigenvalue weighted by Crippen LogP contribution is 2.32. The van der Waals surface area contributed by atoms with Crippen molar-refractivity contribution in [2.75, 3.05) is 24.7 Å². The number of pyridine rings is 1. The molecular weight excluding hydrogens is 266 g/mol. The third-order valence-corrected chi connectivity index (χ3v) is 3.86. The molecule has 5 heteroatoms. The summed E-state index contributed by atoms with van der Waals surface area (Å²) in [6, 6.07) is 10.2. The lowest BCUT2D eigenvalue weighted by Gasteiger charge is -2.39. The van der Waals surface area contributed by atoms with Gasteiger partial charge in [0.1, 0.15) is 6.07 Å². The van der Waals surface area contributed by atoms with Crippen LogP contribution in [0.1, 0.15) is 12.5 Å². The highest BCUT2D eigenvalue weighted by Gasteiger charge is 2.28. The smallest absolute Gasteiger partial charge is 0.103 e. The Labute approximate surface area is 123 Å². The van der Waals surface area contributed by atoms with Crippen molar-refractivity contribution in [3.63, 3.8) is 0 Å². The number of ether oxygens (including phenoxy) is 1. The number of hydrogen-bond acceptors (Lipinski definition) is 5. The van der Waals surface area contributed by atoms with Gasteiger partial charge in [-0.25, -0.2) is 0 Å². The summed E-state index contributed by atoms with van der Waals surface area (Å²) in [4.78, 5) is 6.49. The average Bonchev–Trinajstić information content (AvgIpc) is 2.54. The predicted molar refractivity (Wildman–Crippen MR) is 80.1 cm³/mol. The predicted octanol–water partition coefficient (Wildman–Crippen LogP) is 1.69. The second-order valence-electron chi connectivity index (χ2n) is 5.29. The number of aliphatic hydroxyl groups excluding tert-OH is 1. The Hall–Kier alpha value is -2.16. The Morgan fingerprint density at radius 1 is 1.48 bits per heavy atom. The molecule has 0 amide bonds. The number of hydrogen-bond donors (Lipinski definition) is 1. The lowest BCUT2D eigenvalue weighted by atomic mass is 10.1. The maximum atomic E-state index is 9.42. The van der Waals surface area contributed by atoms with Crippen molar-refractivity contribution in [3.05, 3.63) is 36.0 Å². The van der Waals surface area contributed by atoms with Gasteiger partial charge < -0.3 is 14.7 Å². The maximum Gasteiger partial charge on any atom is 0.103 e. The van der Waals surface area contributed by atoms with Crippen LogP contribution in [0.5, 0.6) is 0 Å². The van der Waals surface area contributed by atoms with Crippen LogP contribution in [0.2, 0.25) is 0 Å².